The molecule has 116 valence electrons. The number of urea groups is 1. The van der Waals surface area contributed by atoms with E-state index < -0.39 is 0 Å². The van der Waals surface area contributed by atoms with Gasteiger partial charge in [0, 0.05) is 24.7 Å². The molecule has 0 aromatic heterocycles. The van der Waals surface area contributed by atoms with Gasteiger partial charge < -0.3 is 19.7 Å². The van der Waals surface area contributed by atoms with E-state index in [2.05, 4.69) is 11.4 Å². The second-order valence-corrected chi connectivity index (χ2v) is 5.58. The summed E-state index contributed by atoms with van der Waals surface area (Å²) >= 11 is 0. The monoisotopic (exact) mass is 301 g/mol. The quantitative estimate of drug-likeness (QED) is 0.908. The van der Waals surface area contributed by atoms with Gasteiger partial charge in [0.05, 0.1) is 24.8 Å². The zero-order chi connectivity index (χ0) is 15.4. The first-order chi connectivity index (χ1) is 10.8. The number of benzene rings is 1. The van der Waals surface area contributed by atoms with Crippen LogP contribution < -0.4 is 5.32 Å². The zero-order valence-corrected chi connectivity index (χ0v) is 12.3. The Balaban J connectivity index is 1.60. The fraction of sp³-hybridized carbons (Fsp3) is 0.500. The van der Waals surface area contributed by atoms with Crippen molar-refractivity contribution in [3.63, 3.8) is 0 Å². The summed E-state index contributed by atoms with van der Waals surface area (Å²) in [4.78, 5) is 14.2. The van der Waals surface area contributed by atoms with Gasteiger partial charge in [-0.15, -0.1) is 0 Å². The van der Waals surface area contributed by atoms with Gasteiger partial charge in [0.1, 0.15) is 0 Å². The second kappa shape index (κ2) is 6.77. The van der Waals surface area contributed by atoms with Crippen LogP contribution >= 0.6 is 0 Å². The normalized spacial score (nSPS) is 22.3. The summed E-state index contributed by atoms with van der Waals surface area (Å²) in [5, 5.41) is 11.8. The van der Waals surface area contributed by atoms with Gasteiger partial charge in [-0.2, -0.15) is 5.26 Å². The molecule has 2 heterocycles. The number of nitrogens with one attached hydrogen (secondary N) is 1. The minimum Gasteiger partial charge on any atom is -0.350 e. The van der Waals surface area contributed by atoms with Crippen molar-refractivity contribution in [3.8, 4) is 6.07 Å². The smallest absolute Gasteiger partial charge is 0.321 e. The third-order valence-electron chi connectivity index (χ3n) is 4.02. The maximum Gasteiger partial charge on any atom is 0.321 e. The molecule has 0 bridgehead atoms. The molecule has 1 aromatic carbocycles. The summed E-state index contributed by atoms with van der Waals surface area (Å²) in [5.74, 6) is 0.229. The fourth-order valence-electron chi connectivity index (χ4n) is 2.93. The number of anilines is 1. The van der Waals surface area contributed by atoms with E-state index in [-0.39, 0.29) is 18.2 Å². The molecule has 1 unspecified atom stereocenters. The van der Waals surface area contributed by atoms with Crippen LogP contribution in [0.2, 0.25) is 0 Å². The first-order valence-electron chi connectivity index (χ1n) is 7.55. The van der Waals surface area contributed by atoms with Gasteiger partial charge in [-0.25, -0.2) is 4.79 Å². The molecule has 3 rings (SSSR count). The molecule has 22 heavy (non-hydrogen) atoms. The summed E-state index contributed by atoms with van der Waals surface area (Å²) in [6, 6.07) is 8.84. The van der Waals surface area contributed by atoms with Gasteiger partial charge in [-0.3, -0.25) is 0 Å². The van der Waals surface area contributed by atoms with Crippen LogP contribution in [0, 0.1) is 17.2 Å². The molecule has 0 spiro atoms. The Kier molecular flexibility index (Phi) is 4.56. The van der Waals surface area contributed by atoms with Crippen molar-refractivity contribution in [2.24, 2.45) is 5.92 Å². The van der Waals surface area contributed by atoms with Crippen LogP contribution in [0.4, 0.5) is 10.5 Å². The van der Waals surface area contributed by atoms with Crippen molar-refractivity contribution in [3.05, 3.63) is 29.8 Å². The number of carbonyl (C=O) groups is 1. The lowest BCUT2D eigenvalue weighted by Gasteiger charge is -2.34. The Labute approximate surface area is 129 Å². The summed E-state index contributed by atoms with van der Waals surface area (Å²) in [6.07, 6.45) is 1.77. The lowest BCUT2D eigenvalue weighted by atomic mass is 9.98. The Morgan fingerprint density at radius 2 is 2.18 bits per heavy atom. The van der Waals surface area contributed by atoms with E-state index in [1.165, 1.54) is 0 Å². The number of carbonyl (C=O) groups excluding carboxylic acids is 1. The first-order valence-corrected chi connectivity index (χ1v) is 7.55. The van der Waals surface area contributed by atoms with E-state index in [0.717, 1.165) is 19.4 Å². The molecule has 1 aromatic rings. The van der Waals surface area contributed by atoms with E-state index in [9.17, 15) is 4.79 Å². The minimum absolute atomic E-state index is 0.141. The van der Waals surface area contributed by atoms with Crippen molar-refractivity contribution in [2.75, 3.05) is 31.6 Å². The number of likely N-dealkylation sites (tertiary alicyclic amines) is 1. The van der Waals surface area contributed by atoms with Crippen LogP contribution in [0.25, 0.3) is 0 Å². The van der Waals surface area contributed by atoms with Crippen LogP contribution in [-0.4, -0.2) is 43.5 Å². The zero-order valence-electron chi connectivity index (χ0n) is 12.3. The fourth-order valence-corrected chi connectivity index (χ4v) is 2.93. The number of amides is 2. The molecule has 1 N–H and O–H groups in total. The summed E-state index contributed by atoms with van der Waals surface area (Å²) in [6.45, 7) is 2.63. The molecular weight excluding hydrogens is 282 g/mol. The number of piperidine rings is 1. The Morgan fingerprint density at radius 3 is 2.95 bits per heavy atom. The van der Waals surface area contributed by atoms with Crippen LogP contribution in [0.3, 0.4) is 0 Å². The van der Waals surface area contributed by atoms with Crippen LogP contribution in [0.1, 0.15) is 18.4 Å². The SMILES string of the molecule is N#Cc1cccc(NC(=O)N2CCCC(C3OCCO3)C2)c1. The average Bonchev–Trinajstić information content (AvgIpc) is 3.09. The highest BCUT2D eigenvalue weighted by atomic mass is 16.7. The first kappa shape index (κ1) is 14.8. The van der Waals surface area contributed by atoms with E-state index >= 15 is 0 Å². The van der Waals surface area contributed by atoms with Crippen molar-refractivity contribution in [1.82, 2.24) is 4.90 Å². The highest BCUT2D eigenvalue weighted by Gasteiger charge is 2.32. The van der Waals surface area contributed by atoms with Gasteiger partial charge in [0.25, 0.3) is 0 Å². The molecule has 2 aliphatic heterocycles. The van der Waals surface area contributed by atoms with Gasteiger partial charge in [-0.05, 0) is 31.0 Å². The molecular formula is C16H19N3O3. The lowest BCUT2D eigenvalue weighted by Crippen LogP contribution is -2.45. The number of ether oxygens (including phenoxy) is 2. The van der Waals surface area contributed by atoms with E-state index in [0.29, 0.717) is 31.0 Å². The van der Waals surface area contributed by atoms with Gasteiger partial charge in [0.15, 0.2) is 6.29 Å². The number of hydrogen-bond acceptors (Lipinski definition) is 4. The maximum absolute atomic E-state index is 12.4. The van der Waals surface area contributed by atoms with Crippen molar-refractivity contribution in [2.45, 2.75) is 19.1 Å². The standard InChI is InChI=1S/C16H19N3O3/c17-10-12-3-1-5-14(9-12)18-16(20)19-6-2-4-13(11-19)15-21-7-8-22-15/h1,3,5,9,13,15H,2,4,6-8,11H2,(H,18,20). The Morgan fingerprint density at radius 1 is 1.36 bits per heavy atom. The van der Waals surface area contributed by atoms with Crippen LogP contribution in [-0.2, 0) is 9.47 Å². The summed E-state index contributed by atoms with van der Waals surface area (Å²) in [5.41, 5.74) is 1.17. The predicted molar refractivity (Wildman–Crippen MR) is 80.2 cm³/mol. The number of hydrogen-bond donors (Lipinski definition) is 1. The minimum atomic E-state index is -0.183. The van der Waals surface area contributed by atoms with Gasteiger partial charge >= 0.3 is 6.03 Å². The molecule has 1 atom stereocenters. The Bertz CT molecular complexity index is 578. The maximum atomic E-state index is 12.4. The number of nitriles is 1. The average molecular weight is 301 g/mol. The number of nitrogens with zero attached hydrogens (tertiary/aromatic N) is 2. The van der Waals surface area contributed by atoms with E-state index in [1.54, 1.807) is 29.2 Å². The molecule has 6 heteroatoms. The van der Waals surface area contributed by atoms with Crippen LogP contribution in [0.15, 0.2) is 24.3 Å². The van der Waals surface area contributed by atoms with Gasteiger partial charge in [-0.1, -0.05) is 6.07 Å². The molecule has 0 radical (unpaired) electrons. The highest BCUT2D eigenvalue weighted by Crippen LogP contribution is 2.25. The van der Waals surface area contributed by atoms with Crippen LogP contribution in [0.5, 0.6) is 0 Å². The second-order valence-electron chi connectivity index (χ2n) is 5.58. The van der Waals surface area contributed by atoms with Crippen molar-refractivity contribution >= 4 is 11.7 Å². The van der Waals surface area contributed by atoms with Crippen molar-refractivity contribution in [1.29, 1.82) is 5.26 Å². The summed E-state index contributed by atoms with van der Waals surface area (Å²) in [7, 11) is 0. The van der Waals surface area contributed by atoms with E-state index in [4.69, 9.17) is 14.7 Å². The largest absolute Gasteiger partial charge is 0.350 e. The van der Waals surface area contributed by atoms with E-state index in [1.807, 2.05) is 0 Å². The third-order valence-corrected chi connectivity index (χ3v) is 4.02. The molecule has 0 saturated carbocycles. The lowest BCUT2D eigenvalue weighted by molar-refractivity contribution is -0.0959. The molecule has 6 nitrogen and oxygen atoms in total. The molecule has 2 aliphatic rings. The molecule has 2 saturated heterocycles. The summed E-state index contributed by atoms with van der Waals surface area (Å²) < 4.78 is 11.1. The third kappa shape index (κ3) is 3.38. The highest BCUT2D eigenvalue weighted by molar-refractivity contribution is 5.89. The molecule has 2 fully saturated rings. The Hall–Kier alpha value is -2.10. The molecule has 2 amide bonds. The van der Waals surface area contributed by atoms with Gasteiger partial charge in [0.2, 0.25) is 0 Å². The predicted octanol–water partition coefficient (Wildman–Crippen LogP) is 2.18. The molecule has 0 aliphatic carbocycles. The van der Waals surface area contributed by atoms with Crippen molar-refractivity contribution < 1.29 is 14.3 Å². The number of rotatable bonds is 2. The topological polar surface area (TPSA) is 74.6 Å².